The molecule has 0 unspecified atom stereocenters. The number of pyridine rings is 1. The number of benzene rings is 2. The maximum atomic E-state index is 12.3. The number of aliphatic hydroxyl groups is 1. The van der Waals surface area contributed by atoms with Gasteiger partial charge < -0.3 is 14.6 Å². The Morgan fingerprint density at radius 2 is 1.59 bits per heavy atom. The fourth-order valence-corrected chi connectivity index (χ4v) is 2.43. The van der Waals surface area contributed by atoms with Crippen LogP contribution in [0, 0.1) is 0 Å². The van der Waals surface area contributed by atoms with Crippen LogP contribution in [-0.4, -0.2) is 16.5 Å². The van der Waals surface area contributed by atoms with Gasteiger partial charge in [-0.05, 0) is 41.5 Å². The molecule has 0 atom stereocenters. The van der Waals surface area contributed by atoms with Crippen molar-refractivity contribution in [2.75, 3.05) is 0 Å². The van der Waals surface area contributed by atoms with Gasteiger partial charge in [-0.1, -0.05) is 30.3 Å². The first-order valence-corrected chi connectivity index (χ1v) is 8.08. The van der Waals surface area contributed by atoms with Gasteiger partial charge in [0.1, 0.15) is 12.4 Å². The Hall–Kier alpha value is -3.06. The van der Waals surface area contributed by atoms with Crippen molar-refractivity contribution in [2.24, 2.45) is 0 Å². The quantitative estimate of drug-likeness (QED) is 0.677. The molecule has 4 nitrogen and oxygen atoms in total. The van der Waals surface area contributed by atoms with E-state index in [1.54, 1.807) is 12.1 Å². The summed E-state index contributed by atoms with van der Waals surface area (Å²) in [6, 6.07) is 18.1. The predicted octanol–water partition coefficient (Wildman–Crippen LogP) is 4.72. The Bertz CT molecular complexity index is 881. The van der Waals surface area contributed by atoms with E-state index in [4.69, 9.17) is 4.74 Å². The second-order valence-electron chi connectivity index (χ2n) is 5.70. The molecule has 0 aliphatic rings. The number of hydrogen-bond donors (Lipinski definition) is 1. The fraction of sp³-hybridized carbons (Fsp3) is 0.150. The Kier molecular flexibility index (Phi) is 5.61. The monoisotopic (exact) mass is 375 g/mol. The van der Waals surface area contributed by atoms with Gasteiger partial charge >= 0.3 is 6.36 Å². The first-order chi connectivity index (χ1) is 12.9. The molecule has 0 aliphatic carbocycles. The Morgan fingerprint density at radius 3 is 2.22 bits per heavy atom. The molecule has 2 aromatic carbocycles. The van der Waals surface area contributed by atoms with Gasteiger partial charge in [0.2, 0.25) is 5.88 Å². The van der Waals surface area contributed by atoms with Crippen molar-refractivity contribution >= 4 is 0 Å². The van der Waals surface area contributed by atoms with Crippen LogP contribution in [0.1, 0.15) is 11.1 Å². The van der Waals surface area contributed by atoms with Crippen LogP contribution < -0.4 is 9.47 Å². The van der Waals surface area contributed by atoms with Crippen LogP contribution >= 0.6 is 0 Å². The lowest BCUT2D eigenvalue weighted by Crippen LogP contribution is -2.16. The summed E-state index contributed by atoms with van der Waals surface area (Å²) < 4.78 is 46.3. The highest BCUT2D eigenvalue weighted by atomic mass is 19.4. The maximum absolute atomic E-state index is 12.3. The highest BCUT2D eigenvalue weighted by Gasteiger charge is 2.30. The van der Waals surface area contributed by atoms with Gasteiger partial charge in [-0.2, -0.15) is 0 Å². The van der Waals surface area contributed by atoms with Gasteiger partial charge in [0.05, 0.1) is 12.3 Å². The minimum atomic E-state index is -4.74. The molecular formula is C20H16F3NO3. The number of aliphatic hydroxyl groups excluding tert-OH is 1. The predicted molar refractivity (Wildman–Crippen MR) is 93.1 cm³/mol. The van der Waals surface area contributed by atoms with Gasteiger partial charge in [-0.25, -0.2) is 4.98 Å². The van der Waals surface area contributed by atoms with E-state index in [9.17, 15) is 18.3 Å². The van der Waals surface area contributed by atoms with Crippen molar-refractivity contribution in [3.8, 4) is 22.9 Å². The molecule has 0 bridgehead atoms. The summed E-state index contributed by atoms with van der Waals surface area (Å²) >= 11 is 0. The lowest BCUT2D eigenvalue weighted by Gasteiger charge is -2.11. The van der Waals surface area contributed by atoms with Crippen LogP contribution in [0.15, 0.2) is 66.7 Å². The smallest absolute Gasteiger partial charge is 0.473 e. The van der Waals surface area contributed by atoms with Crippen LogP contribution in [-0.2, 0) is 13.2 Å². The maximum Gasteiger partial charge on any atom is 0.573 e. The first kappa shape index (κ1) is 18.7. The molecule has 27 heavy (non-hydrogen) atoms. The first-order valence-electron chi connectivity index (χ1n) is 8.08. The molecule has 7 heteroatoms. The van der Waals surface area contributed by atoms with E-state index in [0.717, 1.165) is 5.56 Å². The third-order valence-electron chi connectivity index (χ3n) is 3.66. The normalized spacial score (nSPS) is 11.3. The van der Waals surface area contributed by atoms with Gasteiger partial charge in [0.25, 0.3) is 0 Å². The number of rotatable bonds is 6. The molecule has 0 aliphatic heterocycles. The van der Waals surface area contributed by atoms with Crippen molar-refractivity contribution in [3.63, 3.8) is 0 Å². The molecule has 0 spiro atoms. The third-order valence-corrected chi connectivity index (χ3v) is 3.66. The summed E-state index contributed by atoms with van der Waals surface area (Å²) in [6.45, 7) is 0.0903. The van der Waals surface area contributed by atoms with Gasteiger partial charge in [0, 0.05) is 11.6 Å². The van der Waals surface area contributed by atoms with Gasteiger partial charge in [-0.3, -0.25) is 0 Å². The number of hydrogen-bond acceptors (Lipinski definition) is 4. The van der Waals surface area contributed by atoms with E-state index in [1.807, 2.05) is 30.3 Å². The number of nitrogens with zero attached hydrogens (tertiary/aromatic N) is 1. The van der Waals surface area contributed by atoms with E-state index < -0.39 is 6.36 Å². The number of halogens is 3. The van der Waals surface area contributed by atoms with Crippen LogP contribution in [0.25, 0.3) is 11.3 Å². The minimum Gasteiger partial charge on any atom is -0.473 e. The minimum absolute atomic E-state index is 0.216. The molecule has 0 radical (unpaired) electrons. The molecule has 1 heterocycles. The molecule has 3 rings (SSSR count). The zero-order valence-electron chi connectivity index (χ0n) is 14.1. The average Bonchev–Trinajstić information content (AvgIpc) is 2.66. The third kappa shape index (κ3) is 5.46. The summed E-state index contributed by atoms with van der Waals surface area (Å²) in [7, 11) is 0. The summed E-state index contributed by atoms with van der Waals surface area (Å²) in [6.07, 6.45) is -4.74. The van der Waals surface area contributed by atoms with Crippen molar-refractivity contribution in [3.05, 3.63) is 77.9 Å². The second kappa shape index (κ2) is 8.09. The van der Waals surface area contributed by atoms with E-state index >= 15 is 0 Å². The molecule has 3 aromatic rings. The van der Waals surface area contributed by atoms with E-state index in [2.05, 4.69) is 9.72 Å². The standard InChI is InChI=1S/C20H16F3NO3/c21-20(22,23)27-17-8-6-16(7-9-17)18-10-15(12-25)11-19(24-18)26-13-14-4-2-1-3-5-14/h1-11,25H,12-13H2. The van der Waals surface area contributed by atoms with E-state index in [-0.39, 0.29) is 12.4 Å². The highest BCUT2D eigenvalue weighted by Crippen LogP contribution is 2.27. The lowest BCUT2D eigenvalue weighted by molar-refractivity contribution is -0.274. The largest absolute Gasteiger partial charge is 0.573 e. The number of ether oxygens (including phenoxy) is 2. The molecular weight excluding hydrogens is 359 g/mol. The topological polar surface area (TPSA) is 51.6 Å². The zero-order chi connectivity index (χ0) is 19.3. The molecule has 0 fully saturated rings. The molecule has 1 aromatic heterocycles. The SMILES string of the molecule is OCc1cc(OCc2ccccc2)nc(-c2ccc(OC(F)(F)F)cc2)c1. The fourth-order valence-electron chi connectivity index (χ4n) is 2.43. The summed E-state index contributed by atoms with van der Waals surface area (Å²) in [4.78, 5) is 4.37. The van der Waals surface area contributed by atoms with Gasteiger partial charge in [0.15, 0.2) is 0 Å². The van der Waals surface area contributed by atoms with Crippen molar-refractivity contribution < 1.29 is 27.8 Å². The van der Waals surface area contributed by atoms with Crippen LogP contribution in [0.4, 0.5) is 13.2 Å². The molecule has 0 saturated heterocycles. The molecule has 1 N–H and O–H groups in total. The van der Waals surface area contributed by atoms with Crippen molar-refractivity contribution in [1.82, 2.24) is 4.98 Å². The van der Waals surface area contributed by atoms with E-state index in [0.29, 0.717) is 29.3 Å². The van der Waals surface area contributed by atoms with E-state index in [1.165, 1.54) is 24.3 Å². The number of alkyl halides is 3. The Labute approximate surface area is 153 Å². The summed E-state index contributed by atoms with van der Waals surface area (Å²) in [5.74, 6) is 0.00105. The summed E-state index contributed by atoms with van der Waals surface area (Å²) in [5, 5.41) is 9.46. The second-order valence-corrected chi connectivity index (χ2v) is 5.70. The lowest BCUT2D eigenvalue weighted by atomic mass is 10.1. The van der Waals surface area contributed by atoms with Crippen LogP contribution in [0.2, 0.25) is 0 Å². The Balaban J connectivity index is 1.80. The van der Waals surface area contributed by atoms with Crippen molar-refractivity contribution in [1.29, 1.82) is 0 Å². The average molecular weight is 375 g/mol. The molecule has 140 valence electrons. The van der Waals surface area contributed by atoms with Crippen molar-refractivity contribution in [2.45, 2.75) is 19.6 Å². The Morgan fingerprint density at radius 1 is 0.889 bits per heavy atom. The molecule has 0 saturated carbocycles. The van der Waals surface area contributed by atoms with Crippen LogP contribution in [0.3, 0.4) is 0 Å². The zero-order valence-corrected chi connectivity index (χ0v) is 14.1. The van der Waals surface area contributed by atoms with Gasteiger partial charge in [-0.15, -0.1) is 13.2 Å². The van der Waals surface area contributed by atoms with Crippen LogP contribution in [0.5, 0.6) is 11.6 Å². The number of aromatic nitrogens is 1. The summed E-state index contributed by atoms with van der Waals surface area (Å²) in [5.41, 5.74) is 2.59. The highest BCUT2D eigenvalue weighted by molar-refractivity contribution is 5.61. The molecule has 0 amide bonds.